The van der Waals surface area contributed by atoms with Gasteiger partial charge >= 0.3 is 5.69 Å². The number of alkyl halides is 1. The fourth-order valence-corrected chi connectivity index (χ4v) is 9.57. The summed E-state index contributed by atoms with van der Waals surface area (Å²) >= 11 is 0. The standard InChI is InChI=1S/C33H51FN3O6PS2/c1-23(2)37(24(3)4)44(43-30-25(5)42-31(29(30)34)36-20-18-28(39)35-32(36)40)41-21-11-12-22-45-46-33(6,7)19-17-27(38)16-15-26-13-9-8-10-14-26/h8-10,13-14,18,20,23-25,29-31H,11-12,15-17,19,21-22H2,1-7H3,(H,35,39,40)/i5D. The van der Waals surface area contributed by atoms with Crippen LogP contribution in [0.5, 0.6) is 0 Å². The van der Waals surface area contributed by atoms with E-state index in [-0.39, 0.29) is 23.7 Å². The van der Waals surface area contributed by atoms with E-state index in [9.17, 15) is 14.4 Å². The fraction of sp³-hybridized carbons (Fsp3) is 0.667. The summed E-state index contributed by atoms with van der Waals surface area (Å²) in [4.78, 5) is 38.4. The number of hydrogen-bond donors (Lipinski definition) is 1. The third kappa shape index (κ3) is 12.2. The largest absolute Gasteiger partial charge is 0.349 e. The number of nitrogens with one attached hydrogen (secondary N) is 1. The molecule has 1 aliphatic heterocycles. The van der Waals surface area contributed by atoms with Gasteiger partial charge in [0.15, 0.2) is 12.4 Å². The normalized spacial score (nSPS) is 21.3. The Morgan fingerprint density at radius 2 is 1.87 bits per heavy atom. The van der Waals surface area contributed by atoms with Crippen LogP contribution >= 0.6 is 30.1 Å². The summed E-state index contributed by atoms with van der Waals surface area (Å²) in [6.45, 7) is 12.6. The molecule has 2 aromatic rings. The summed E-state index contributed by atoms with van der Waals surface area (Å²) in [5.41, 5.74) is -0.182. The molecule has 0 bridgehead atoms. The molecule has 1 saturated heterocycles. The number of unbranched alkanes of at least 4 members (excludes halogenated alkanes) is 1. The Hall–Kier alpha value is -1.53. The summed E-state index contributed by atoms with van der Waals surface area (Å²) in [7, 11) is 1.91. The van der Waals surface area contributed by atoms with Gasteiger partial charge in [-0.15, -0.1) is 0 Å². The van der Waals surface area contributed by atoms with Gasteiger partial charge in [-0.3, -0.25) is 19.1 Å². The molecule has 46 heavy (non-hydrogen) atoms. The van der Waals surface area contributed by atoms with Gasteiger partial charge in [0.1, 0.15) is 11.9 Å². The van der Waals surface area contributed by atoms with Crippen LogP contribution in [-0.2, 0) is 25.0 Å². The zero-order chi connectivity index (χ0) is 34.6. The van der Waals surface area contributed by atoms with E-state index in [1.807, 2.05) is 56.7 Å². The van der Waals surface area contributed by atoms with Crippen LogP contribution in [0.3, 0.4) is 0 Å². The molecule has 1 N–H and O–H groups in total. The number of ether oxygens (including phenoxy) is 1. The highest BCUT2D eigenvalue weighted by molar-refractivity contribution is 8.77. The molecule has 5 unspecified atom stereocenters. The van der Waals surface area contributed by atoms with Crippen molar-refractivity contribution in [1.29, 1.82) is 0 Å². The van der Waals surface area contributed by atoms with E-state index >= 15 is 4.39 Å². The van der Waals surface area contributed by atoms with Crippen molar-refractivity contribution in [3.05, 3.63) is 69.0 Å². The van der Waals surface area contributed by atoms with E-state index in [0.29, 0.717) is 25.2 Å². The minimum atomic E-state index is -1.75. The Morgan fingerprint density at radius 3 is 2.52 bits per heavy atom. The molecule has 1 aromatic heterocycles. The predicted molar refractivity (Wildman–Crippen MR) is 188 cm³/mol. The summed E-state index contributed by atoms with van der Waals surface area (Å²) in [6.07, 6.45) is 0.569. The lowest BCUT2D eigenvalue weighted by molar-refractivity contribution is -0.119. The lowest BCUT2D eigenvalue weighted by Crippen LogP contribution is -2.38. The van der Waals surface area contributed by atoms with Gasteiger partial charge in [0.25, 0.3) is 14.1 Å². The van der Waals surface area contributed by atoms with Crippen LogP contribution in [0.2, 0.25) is 0 Å². The zero-order valence-corrected chi connectivity index (χ0v) is 30.4. The summed E-state index contributed by atoms with van der Waals surface area (Å²) < 4.78 is 45.2. The number of hydrogen-bond acceptors (Lipinski definition) is 9. The molecule has 1 aromatic carbocycles. The number of carbonyl (C=O) groups excluding carboxylic acids is 1. The molecule has 0 aliphatic carbocycles. The average molecular weight is 701 g/mol. The third-order valence-corrected chi connectivity index (χ3v) is 13.1. The molecule has 5 atom stereocenters. The number of aromatic amines is 1. The first-order valence-electron chi connectivity index (χ1n) is 16.7. The third-order valence-electron chi connectivity index (χ3n) is 7.50. The molecule has 3 rings (SSSR count). The van der Waals surface area contributed by atoms with Gasteiger partial charge in [0, 0.05) is 49.1 Å². The SMILES string of the molecule is [2H]CC1OC(n2ccc(=O)[nH]c2=O)C(F)C1OP(OCCCCSSC(C)(C)CCC(=O)CCc1ccccc1)N(C(C)C)C(C)C. The Bertz CT molecular complexity index is 1340. The highest BCUT2D eigenvalue weighted by Crippen LogP contribution is 2.50. The second kappa shape index (κ2) is 18.9. The molecule has 0 amide bonds. The fourth-order valence-electron chi connectivity index (χ4n) is 5.04. The van der Waals surface area contributed by atoms with Crippen molar-refractivity contribution in [2.45, 2.75) is 128 Å². The van der Waals surface area contributed by atoms with Crippen molar-refractivity contribution in [2.75, 3.05) is 12.4 Å². The van der Waals surface area contributed by atoms with Crippen molar-refractivity contribution in [3.8, 4) is 0 Å². The molecule has 13 heteroatoms. The van der Waals surface area contributed by atoms with Crippen molar-refractivity contribution in [1.82, 2.24) is 14.2 Å². The van der Waals surface area contributed by atoms with Crippen LogP contribution < -0.4 is 11.2 Å². The Balaban J connectivity index is 1.47. The second-order valence-electron chi connectivity index (χ2n) is 12.6. The van der Waals surface area contributed by atoms with Crippen molar-refractivity contribution < 1.29 is 24.3 Å². The topological polar surface area (TPSA) is 103 Å². The number of carbonyl (C=O) groups is 1. The van der Waals surface area contributed by atoms with E-state index in [0.717, 1.165) is 42.1 Å². The van der Waals surface area contributed by atoms with Crippen LogP contribution in [0.4, 0.5) is 4.39 Å². The number of Topliss-reactive ketones (excluding diaryl/α,β-unsaturated/α-hetero) is 1. The summed E-state index contributed by atoms with van der Waals surface area (Å²) in [5, 5.41) is 0. The van der Waals surface area contributed by atoms with E-state index in [1.54, 1.807) is 10.8 Å². The summed E-state index contributed by atoms with van der Waals surface area (Å²) in [6, 6.07) is 11.3. The van der Waals surface area contributed by atoms with Gasteiger partial charge < -0.3 is 13.8 Å². The molecule has 0 spiro atoms. The Morgan fingerprint density at radius 1 is 1.15 bits per heavy atom. The number of halogens is 1. The van der Waals surface area contributed by atoms with E-state index in [2.05, 4.69) is 35.6 Å². The number of H-pyrrole nitrogens is 1. The van der Waals surface area contributed by atoms with Crippen LogP contribution in [0, 0.1) is 0 Å². The summed E-state index contributed by atoms with van der Waals surface area (Å²) in [5.74, 6) is 1.23. The number of aromatic nitrogens is 2. The maximum absolute atomic E-state index is 15.8. The van der Waals surface area contributed by atoms with Crippen LogP contribution in [-0.4, -0.2) is 67.6 Å². The van der Waals surface area contributed by atoms with Crippen molar-refractivity contribution in [2.24, 2.45) is 0 Å². The zero-order valence-electron chi connectivity index (χ0n) is 28.9. The van der Waals surface area contributed by atoms with Gasteiger partial charge in [0.05, 0.1) is 12.7 Å². The molecular formula is C33H51FN3O6PS2. The average Bonchev–Trinajstić information content (AvgIpc) is 3.32. The molecule has 0 saturated carbocycles. The van der Waals surface area contributed by atoms with E-state index < -0.39 is 44.4 Å². The Labute approximate surface area is 283 Å². The predicted octanol–water partition coefficient (Wildman–Crippen LogP) is 7.46. The maximum Gasteiger partial charge on any atom is 0.330 e. The number of ketones is 1. The number of nitrogens with zero attached hydrogens (tertiary/aromatic N) is 2. The molecule has 258 valence electrons. The highest BCUT2D eigenvalue weighted by atomic mass is 33.1. The highest BCUT2D eigenvalue weighted by Gasteiger charge is 2.47. The smallest absolute Gasteiger partial charge is 0.330 e. The Kier molecular flexibility index (Phi) is 15.3. The van der Waals surface area contributed by atoms with E-state index in [4.69, 9.17) is 15.2 Å². The second-order valence-corrected chi connectivity index (χ2v) is 17.2. The first-order chi connectivity index (χ1) is 22.3. The van der Waals surface area contributed by atoms with Crippen LogP contribution in [0.25, 0.3) is 0 Å². The van der Waals surface area contributed by atoms with Gasteiger partial charge in [0.2, 0.25) is 0 Å². The van der Waals surface area contributed by atoms with Gasteiger partial charge in [-0.2, -0.15) is 0 Å². The maximum atomic E-state index is 15.8. The van der Waals surface area contributed by atoms with Crippen LogP contribution in [0.1, 0.15) is 93.7 Å². The first-order valence-corrected chi connectivity index (χ1v) is 19.4. The monoisotopic (exact) mass is 700 g/mol. The van der Waals surface area contributed by atoms with Gasteiger partial charge in [-0.1, -0.05) is 51.9 Å². The first kappa shape index (κ1) is 37.3. The number of benzene rings is 1. The quantitative estimate of drug-likeness (QED) is 0.0857. The molecule has 2 heterocycles. The van der Waals surface area contributed by atoms with Crippen molar-refractivity contribution in [3.63, 3.8) is 0 Å². The molecule has 0 radical (unpaired) electrons. The number of rotatable bonds is 20. The van der Waals surface area contributed by atoms with Crippen molar-refractivity contribution >= 4 is 35.9 Å². The lowest BCUT2D eigenvalue weighted by atomic mass is 10.0. The molecule has 1 aliphatic rings. The minimum absolute atomic E-state index is 0.0144. The van der Waals surface area contributed by atoms with Crippen LogP contribution in [0.15, 0.2) is 52.2 Å². The molecule has 1 fully saturated rings. The number of aryl methyl sites for hydroxylation is 1. The van der Waals surface area contributed by atoms with E-state index in [1.165, 1.54) is 11.8 Å². The lowest BCUT2D eigenvalue weighted by Gasteiger charge is -2.37. The minimum Gasteiger partial charge on any atom is -0.349 e. The molecule has 9 nitrogen and oxygen atoms in total. The van der Waals surface area contributed by atoms with Gasteiger partial charge in [-0.25, -0.2) is 13.9 Å². The van der Waals surface area contributed by atoms with Gasteiger partial charge in [-0.05, 0) is 79.7 Å². The molecular weight excluding hydrogens is 648 g/mol.